The van der Waals surface area contributed by atoms with Crippen LogP contribution in [0, 0.1) is 18.3 Å². The van der Waals surface area contributed by atoms with Crippen molar-refractivity contribution in [2.75, 3.05) is 27.2 Å². The third-order valence-corrected chi connectivity index (χ3v) is 5.08. The summed E-state index contributed by atoms with van der Waals surface area (Å²) in [5.74, 6) is 0.746. The number of benzene rings is 1. The first-order chi connectivity index (χ1) is 10.5. The normalized spacial score (nSPS) is 20.0. The van der Waals surface area contributed by atoms with Crippen LogP contribution in [0.1, 0.15) is 39.9 Å². The molecule has 1 aromatic carbocycles. The van der Waals surface area contributed by atoms with Gasteiger partial charge in [0.25, 0.3) is 0 Å². The van der Waals surface area contributed by atoms with Crippen molar-refractivity contribution in [2.24, 2.45) is 16.4 Å². The summed E-state index contributed by atoms with van der Waals surface area (Å²) in [6, 6.07) is 4.23. The predicted molar refractivity (Wildman–Crippen MR) is 89.6 cm³/mol. The van der Waals surface area contributed by atoms with Gasteiger partial charge in [0.2, 0.25) is 0 Å². The van der Waals surface area contributed by atoms with E-state index in [1.54, 1.807) is 5.01 Å². The Morgan fingerprint density at radius 1 is 1.32 bits per heavy atom. The van der Waals surface area contributed by atoms with Crippen molar-refractivity contribution in [1.29, 1.82) is 0 Å². The van der Waals surface area contributed by atoms with Crippen LogP contribution in [-0.4, -0.2) is 44.7 Å². The standard InChI is InChI=1S/C18H25N3O/c1-13-4-5-15(6-14-7-18(8-14)11-19-12-18)16(17(13)10-22)9-20-21(2)3/h4-5,9-10,14,19H,6-8,11-12H2,1-3H3/b20-9-. The first kappa shape index (κ1) is 15.2. The van der Waals surface area contributed by atoms with Crippen LogP contribution in [-0.2, 0) is 6.42 Å². The van der Waals surface area contributed by atoms with Gasteiger partial charge in [-0.15, -0.1) is 0 Å². The quantitative estimate of drug-likeness (QED) is 0.515. The van der Waals surface area contributed by atoms with E-state index in [4.69, 9.17) is 0 Å². The fourth-order valence-corrected chi connectivity index (χ4v) is 3.84. The molecule has 22 heavy (non-hydrogen) atoms. The molecule has 0 atom stereocenters. The summed E-state index contributed by atoms with van der Waals surface area (Å²) in [7, 11) is 3.79. The van der Waals surface area contributed by atoms with Gasteiger partial charge in [0.05, 0.1) is 6.21 Å². The number of nitrogens with one attached hydrogen (secondary N) is 1. The second-order valence-corrected chi connectivity index (χ2v) is 7.16. The maximum atomic E-state index is 11.5. The first-order valence-corrected chi connectivity index (χ1v) is 8.03. The zero-order valence-corrected chi connectivity index (χ0v) is 13.7. The molecule has 0 bridgehead atoms. The van der Waals surface area contributed by atoms with Crippen molar-refractivity contribution < 1.29 is 4.79 Å². The molecule has 0 radical (unpaired) electrons. The Bertz CT molecular complexity index is 595. The van der Waals surface area contributed by atoms with E-state index in [2.05, 4.69) is 22.6 Å². The number of rotatable bonds is 5. The molecule has 2 aliphatic rings. The molecule has 2 fully saturated rings. The highest BCUT2D eigenvalue weighted by Gasteiger charge is 2.47. The minimum absolute atomic E-state index is 0.598. The average Bonchev–Trinajstić information content (AvgIpc) is 2.39. The second-order valence-electron chi connectivity index (χ2n) is 7.16. The van der Waals surface area contributed by atoms with E-state index in [0.29, 0.717) is 5.41 Å². The predicted octanol–water partition coefficient (Wildman–Crippen LogP) is 2.25. The molecule has 1 aliphatic heterocycles. The third-order valence-electron chi connectivity index (χ3n) is 5.08. The van der Waals surface area contributed by atoms with Crippen LogP contribution in [0.4, 0.5) is 0 Å². The van der Waals surface area contributed by atoms with Crippen LogP contribution in [0.5, 0.6) is 0 Å². The minimum Gasteiger partial charge on any atom is -0.316 e. The molecule has 3 rings (SSSR count). The van der Waals surface area contributed by atoms with E-state index in [9.17, 15) is 4.79 Å². The van der Waals surface area contributed by atoms with Gasteiger partial charge in [0.1, 0.15) is 0 Å². The molecule has 1 saturated carbocycles. The van der Waals surface area contributed by atoms with E-state index in [1.165, 1.54) is 31.5 Å². The van der Waals surface area contributed by atoms with Crippen molar-refractivity contribution in [3.05, 3.63) is 34.4 Å². The van der Waals surface area contributed by atoms with Crippen LogP contribution in [0.2, 0.25) is 0 Å². The summed E-state index contributed by atoms with van der Waals surface area (Å²) in [4.78, 5) is 11.5. The van der Waals surface area contributed by atoms with Crippen molar-refractivity contribution >= 4 is 12.5 Å². The molecule has 4 nitrogen and oxygen atoms in total. The molecule has 0 unspecified atom stereocenters. The average molecular weight is 299 g/mol. The topological polar surface area (TPSA) is 44.7 Å². The van der Waals surface area contributed by atoms with Crippen LogP contribution < -0.4 is 5.32 Å². The summed E-state index contributed by atoms with van der Waals surface area (Å²) in [6.45, 7) is 4.36. The third kappa shape index (κ3) is 2.80. The fraction of sp³-hybridized carbons (Fsp3) is 0.556. The molecular formula is C18H25N3O. The molecule has 118 valence electrons. The monoisotopic (exact) mass is 299 g/mol. The summed E-state index contributed by atoms with van der Waals surface area (Å²) < 4.78 is 0. The molecule has 1 aromatic rings. The Morgan fingerprint density at radius 2 is 2.05 bits per heavy atom. The number of aryl methyl sites for hydroxylation is 1. The van der Waals surface area contributed by atoms with Gasteiger partial charge in [-0.25, -0.2) is 0 Å². The number of hydrogen-bond donors (Lipinski definition) is 1. The molecule has 1 N–H and O–H groups in total. The van der Waals surface area contributed by atoms with Crippen molar-refractivity contribution in [1.82, 2.24) is 10.3 Å². The van der Waals surface area contributed by atoms with Gasteiger partial charge in [-0.1, -0.05) is 12.1 Å². The lowest BCUT2D eigenvalue weighted by Gasteiger charge is -2.54. The molecular weight excluding hydrogens is 274 g/mol. The van der Waals surface area contributed by atoms with Crippen LogP contribution in [0.25, 0.3) is 0 Å². The van der Waals surface area contributed by atoms with Gasteiger partial charge in [0.15, 0.2) is 6.29 Å². The smallest absolute Gasteiger partial charge is 0.150 e. The summed E-state index contributed by atoms with van der Waals surface area (Å²) in [6.07, 6.45) is 6.49. The Hall–Kier alpha value is -1.68. The summed E-state index contributed by atoms with van der Waals surface area (Å²) >= 11 is 0. The highest BCUT2D eigenvalue weighted by atomic mass is 16.1. The van der Waals surface area contributed by atoms with Crippen LogP contribution in [0.15, 0.2) is 17.2 Å². The molecule has 0 aromatic heterocycles. The van der Waals surface area contributed by atoms with Gasteiger partial charge >= 0.3 is 0 Å². The molecule has 0 amide bonds. The summed E-state index contributed by atoms with van der Waals surface area (Å²) in [5, 5.41) is 9.50. The maximum Gasteiger partial charge on any atom is 0.150 e. The Balaban J connectivity index is 1.81. The number of hydrazone groups is 1. The van der Waals surface area contributed by atoms with Crippen LogP contribution in [0.3, 0.4) is 0 Å². The van der Waals surface area contributed by atoms with Gasteiger partial charge in [-0.3, -0.25) is 4.79 Å². The lowest BCUT2D eigenvalue weighted by Crippen LogP contribution is -2.60. The Labute approximate surface area is 132 Å². The molecule has 1 heterocycles. The number of carbonyl (C=O) groups excluding carboxylic acids is 1. The first-order valence-electron chi connectivity index (χ1n) is 8.03. The summed E-state index contributed by atoms with van der Waals surface area (Å²) in [5.41, 5.74) is 4.65. The highest BCUT2D eigenvalue weighted by molar-refractivity contribution is 5.95. The minimum atomic E-state index is 0.598. The Kier molecular flexibility index (Phi) is 4.04. The van der Waals surface area contributed by atoms with Gasteiger partial charge in [-0.05, 0) is 48.6 Å². The van der Waals surface area contributed by atoms with E-state index in [-0.39, 0.29) is 0 Å². The molecule has 1 spiro atoms. The molecule has 4 heteroatoms. The van der Waals surface area contributed by atoms with Crippen molar-refractivity contribution in [2.45, 2.75) is 26.2 Å². The van der Waals surface area contributed by atoms with Crippen molar-refractivity contribution in [3.63, 3.8) is 0 Å². The Morgan fingerprint density at radius 3 is 2.59 bits per heavy atom. The van der Waals surface area contributed by atoms with Crippen molar-refractivity contribution in [3.8, 4) is 0 Å². The number of carbonyl (C=O) groups is 1. The lowest BCUT2D eigenvalue weighted by atomic mass is 9.57. The number of nitrogens with zero attached hydrogens (tertiary/aromatic N) is 2. The molecule has 1 saturated heterocycles. The highest BCUT2D eigenvalue weighted by Crippen LogP contribution is 2.49. The maximum absolute atomic E-state index is 11.5. The van der Waals surface area contributed by atoms with E-state index in [1.807, 2.05) is 27.2 Å². The number of hydrogen-bond acceptors (Lipinski definition) is 4. The van der Waals surface area contributed by atoms with Gasteiger partial charge in [-0.2, -0.15) is 5.10 Å². The van der Waals surface area contributed by atoms with Crippen LogP contribution >= 0.6 is 0 Å². The second kappa shape index (κ2) is 5.84. The van der Waals surface area contributed by atoms with Gasteiger partial charge < -0.3 is 10.3 Å². The fourth-order valence-electron chi connectivity index (χ4n) is 3.84. The van der Waals surface area contributed by atoms with Gasteiger partial charge in [0, 0.05) is 38.3 Å². The lowest BCUT2D eigenvalue weighted by molar-refractivity contribution is 0.000873. The van der Waals surface area contributed by atoms with E-state index in [0.717, 1.165) is 35.3 Å². The molecule has 1 aliphatic carbocycles. The zero-order chi connectivity index (χ0) is 15.7. The number of aldehydes is 1. The van der Waals surface area contributed by atoms with E-state index < -0.39 is 0 Å². The SMILES string of the molecule is Cc1ccc(CC2CC3(CNC3)C2)c(/C=N\N(C)C)c1C=O. The van der Waals surface area contributed by atoms with E-state index >= 15 is 0 Å². The largest absolute Gasteiger partial charge is 0.316 e. The zero-order valence-electron chi connectivity index (χ0n) is 13.7.